The molecule has 4 fully saturated rings. The zero-order chi connectivity index (χ0) is 27.2. The van der Waals surface area contributed by atoms with Crippen molar-refractivity contribution < 1.29 is 19.7 Å². The summed E-state index contributed by atoms with van der Waals surface area (Å²) < 4.78 is 5.98. The lowest BCUT2D eigenvalue weighted by atomic mass is 9.47. The molecule has 1 amide bonds. The summed E-state index contributed by atoms with van der Waals surface area (Å²) in [4.78, 5) is 14.4. The minimum absolute atomic E-state index is 0.0909. The van der Waals surface area contributed by atoms with Crippen LogP contribution < -0.4 is 0 Å². The topological polar surface area (TPSA) is 70.0 Å². The molecule has 0 aromatic carbocycles. The van der Waals surface area contributed by atoms with E-state index < -0.39 is 6.10 Å². The van der Waals surface area contributed by atoms with E-state index in [-0.39, 0.29) is 36.8 Å². The quantitative estimate of drug-likeness (QED) is 0.350. The van der Waals surface area contributed by atoms with Gasteiger partial charge in [0.15, 0.2) is 0 Å². The fourth-order valence-electron chi connectivity index (χ4n) is 10.3. The van der Waals surface area contributed by atoms with Crippen molar-refractivity contribution in [1.82, 2.24) is 4.90 Å². The molecule has 216 valence electrons. The Labute approximate surface area is 231 Å². The van der Waals surface area contributed by atoms with Gasteiger partial charge in [0.05, 0.1) is 25.3 Å². The van der Waals surface area contributed by atoms with Crippen LogP contribution in [0, 0.1) is 46.3 Å². The van der Waals surface area contributed by atoms with Crippen molar-refractivity contribution in [2.75, 3.05) is 13.2 Å². The summed E-state index contributed by atoms with van der Waals surface area (Å²) in [7, 11) is 0. The van der Waals surface area contributed by atoms with Gasteiger partial charge in [-0.3, -0.25) is 0 Å². The third-order valence-electron chi connectivity index (χ3n) is 12.4. The summed E-state index contributed by atoms with van der Waals surface area (Å²) in [5.74, 6) is 4.99. The van der Waals surface area contributed by atoms with Gasteiger partial charge >= 0.3 is 6.09 Å². The molecule has 0 aromatic rings. The van der Waals surface area contributed by atoms with Crippen LogP contribution >= 0.6 is 0 Å². The van der Waals surface area contributed by atoms with Crippen LogP contribution in [-0.4, -0.2) is 52.6 Å². The summed E-state index contributed by atoms with van der Waals surface area (Å²) in [5, 5.41) is 19.6. The first-order valence-electron chi connectivity index (χ1n) is 16.0. The van der Waals surface area contributed by atoms with Crippen LogP contribution in [0.2, 0.25) is 0 Å². The lowest BCUT2D eigenvalue weighted by molar-refractivity contribution is -0.0596. The highest BCUT2D eigenvalue weighted by Crippen LogP contribution is 2.67. The molecule has 1 heterocycles. The largest absolute Gasteiger partial charge is 0.446 e. The van der Waals surface area contributed by atoms with E-state index in [9.17, 15) is 15.0 Å². The van der Waals surface area contributed by atoms with Crippen molar-refractivity contribution in [2.24, 2.45) is 46.3 Å². The van der Waals surface area contributed by atoms with Crippen molar-refractivity contribution in [3.8, 4) is 0 Å². The molecule has 5 aliphatic rings. The van der Waals surface area contributed by atoms with Crippen LogP contribution in [0.3, 0.4) is 0 Å². The Balaban J connectivity index is 1.23. The third-order valence-corrected chi connectivity index (χ3v) is 12.4. The van der Waals surface area contributed by atoms with E-state index in [4.69, 9.17) is 4.74 Å². The molecular formula is C33H55NO4. The van der Waals surface area contributed by atoms with Gasteiger partial charge in [-0.1, -0.05) is 65.5 Å². The zero-order valence-electron chi connectivity index (χ0n) is 24.8. The molecule has 1 saturated heterocycles. The summed E-state index contributed by atoms with van der Waals surface area (Å²) in [6.07, 6.45) is 15.8. The van der Waals surface area contributed by atoms with E-state index in [1.54, 1.807) is 0 Å². The van der Waals surface area contributed by atoms with Gasteiger partial charge in [0.2, 0.25) is 0 Å². The average molecular weight is 530 g/mol. The van der Waals surface area contributed by atoms with E-state index >= 15 is 0 Å². The van der Waals surface area contributed by atoms with Crippen molar-refractivity contribution in [3.05, 3.63) is 11.6 Å². The SMILES string of the molecule is CC(C)CCC[C@@H](C)[C@H]1CC[C@H]2C3CC=C4C[C@@H](OC(=O)N5C[C@H](O)C[C@H]5CO)CC[C@]4(C)[C@H]3CC[C@]12C. The maximum atomic E-state index is 12.9. The minimum Gasteiger partial charge on any atom is -0.446 e. The van der Waals surface area contributed by atoms with Crippen LogP contribution in [0.5, 0.6) is 0 Å². The van der Waals surface area contributed by atoms with E-state index in [1.807, 2.05) is 0 Å². The standard InChI is InChI=1S/C33H55NO4/c1-21(2)7-6-8-22(3)28-11-12-29-27-10-9-23-17-26(38-31(37)34-19-25(36)18-24(34)20-35)13-15-32(23,4)30(27)14-16-33(28,29)5/h9,21-22,24-30,35-36H,6-8,10-20H2,1-5H3/t22-,24+,25-,26+,27?,28-,29+,30+,32+,33-/m1/s1. The molecule has 0 radical (unpaired) electrons. The number of aliphatic hydroxyl groups excluding tert-OH is 2. The van der Waals surface area contributed by atoms with Gasteiger partial charge in [0.25, 0.3) is 0 Å². The number of aliphatic hydroxyl groups is 2. The van der Waals surface area contributed by atoms with Gasteiger partial charge in [0.1, 0.15) is 6.10 Å². The number of hydrogen-bond acceptors (Lipinski definition) is 4. The van der Waals surface area contributed by atoms with E-state index in [0.29, 0.717) is 11.8 Å². The number of fused-ring (bicyclic) bond motifs is 5. The number of carbonyl (C=O) groups excluding carboxylic acids is 1. The van der Waals surface area contributed by atoms with Crippen molar-refractivity contribution >= 4 is 6.09 Å². The Kier molecular flexibility index (Phi) is 8.29. The number of nitrogens with zero attached hydrogens (tertiary/aromatic N) is 1. The highest BCUT2D eigenvalue weighted by molar-refractivity contribution is 5.69. The van der Waals surface area contributed by atoms with Crippen LogP contribution in [0.25, 0.3) is 0 Å². The second kappa shape index (κ2) is 11.1. The highest BCUT2D eigenvalue weighted by atomic mass is 16.6. The molecule has 5 rings (SSSR count). The molecule has 0 aromatic heterocycles. The predicted molar refractivity (Wildman–Crippen MR) is 152 cm³/mol. The van der Waals surface area contributed by atoms with Gasteiger partial charge in [-0.25, -0.2) is 4.79 Å². The third kappa shape index (κ3) is 5.08. The number of hydrogen-bond donors (Lipinski definition) is 2. The molecule has 5 heteroatoms. The maximum absolute atomic E-state index is 12.9. The molecule has 0 bridgehead atoms. The summed E-state index contributed by atoms with van der Waals surface area (Å²) in [6, 6.07) is -0.328. The molecule has 38 heavy (non-hydrogen) atoms. The first-order chi connectivity index (χ1) is 18.1. The number of likely N-dealkylation sites (tertiary alicyclic amines) is 1. The first kappa shape index (κ1) is 28.5. The van der Waals surface area contributed by atoms with Gasteiger partial charge in [-0.05, 0) is 97.7 Å². The lowest BCUT2D eigenvalue weighted by Gasteiger charge is -2.58. The van der Waals surface area contributed by atoms with E-state index in [0.717, 1.165) is 54.8 Å². The first-order valence-corrected chi connectivity index (χ1v) is 16.0. The summed E-state index contributed by atoms with van der Waals surface area (Å²) >= 11 is 0. The molecule has 5 nitrogen and oxygen atoms in total. The Morgan fingerprint density at radius 3 is 2.63 bits per heavy atom. The Hall–Kier alpha value is -1.07. The van der Waals surface area contributed by atoms with Crippen LogP contribution in [0.4, 0.5) is 4.79 Å². The normalized spacial score (nSPS) is 43.3. The highest BCUT2D eigenvalue weighted by Gasteiger charge is 2.59. The molecule has 3 saturated carbocycles. The van der Waals surface area contributed by atoms with E-state index in [1.165, 1.54) is 61.8 Å². The molecule has 4 aliphatic carbocycles. The number of β-amino-alcohol motifs (C(OH)–C–C–N with tert-alkyl or cyclic N) is 1. The summed E-state index contributed by atoms with van der Waals surface area (Å²) in [6.45, 7) is 12.6. The number of amides is 1. The van der Waals surface area contributed by atoms with Gasteiger partial charge in [-0.2, -0.15) is 0 Å². The van der Waals surface area contributed by atoms with Gasteiger partial charge < -0.3 is 19.8 Å². The zero-order valence-corrected chi connectivity index (χ0v) is 24.8. The number of ether oxygens (including phenoxy) is 1. The number of allylic oxidation sites excluding steroid dienone is 1. The summed E-state index contributed by atoms with van der Waals surface area (Å²) in [5.41, 5.74) is 2.28. The van der Waals surface area contributed by atoms with Crippen LogP contribution in [0.1, 0.15) is 112 Å². The maximum Gasteiger partial charge on any atom is 0.410 e. The molecule has 1 aliphatic heterocycles. The van der Waals surface area contributed by atoms with Crippen molar-refractivity contribution in [2.45, 2.75) is 130 Å². The van der Waals surface area contributed by atoms with Crippen LogP contribution in [0.15, 0.2) is 11.6 Å². The van der Waals surface area contributed by atoms with Gasteiger partial charge in [0, 0.05) is 6.42 Å². The smallest absolute Gasteiger partial charge is 0.410 e. The van der Waals surface area contributed by atoms with Crippen molar-refractivity contribution in [3.63, 3.8) is 0 Å². The monoisotopic (exact) mass is 529 g/mol. The fraction of sp³-hybridized carbons (Fsp3) is 0.909. The van der Waals surface area contributed by atoms with Gasteiger partial charge in [-0.15, -0.1) is 0 Å². The molecule has 1 unspecified atom stereocenters. The number of rotatable bonds is 7. The second-order valence-electron chi connectivity index (χ2n) is 14.9. The van der Waals surface area contributed by atoms with Crippen LogP contribution in [-0.2, 0) is 4.74 Å². The van der Waals surface area contributed by atoms with E-state index in [2.05, 4.69) is 40.7 Å². The van der Waals surface area contributed by atoms with Crippen molar-refractivity contribution in [1.29, 1.82) is 0 Å². The molecule has 2 N–H and O–H groups in total. The number of carbonyl (C=O) groups is 1. The Morgan fingerprint density at radius 1 is 1.11 bits per heavy atom. The average Bonchev–Trinajstić information content (AvgIpc) is 3.43. The lowest BCUT2D eigenvalue weighted by Crippen LogP contribution is -2.51. The predicted octanol–water partition coefficient (Wildman–Crippen LogP) is 6.96. The Bertz CT molecular complexity index is 886. The fourth-order valence-corrected chi connectivity index (χ4v) is 10.3. The molecular weight excluding hydrogens is 474 g/mol. The molecule has 0 spiro atoms. The Morgan fingerprint density at radius 2 is 1.89 bits per heavy atom. The second-order valence-corrected chi connectivity index (χ2v) is 14.9. The molecule has 10 atom stereocenters. The minimum atomic E-state index is -0.567.